The van der Waals surface area contributed by atoms with E-state index in [1.165, 1.54) is 6.92 Å². The van der Waals surface area contributed by atoms with Crippen molar-refractivity contribution in [3.63, 3.8) is 0 Å². The molecular formula is C23H29Cl2N3O3. The van der Waals surface area contributed by atoms with Crippen molar-refractivity contribution >= 4 is 34.8 Å². The van der Waals surface area contributed by atoms with Crippen molar-refractivity contribution in [2.45, 2.75) is 51.5 Å². The molecule has 1 heterocycles. The van der Waals surface area contributed by atoms with Crippen LogP contribution in [0.1, 0.15) is 38.2 Å². The van der Waals surface area contributed by atoms with Gasteiger partial charge < -0.3 is 15.2 Å². The first-order valence-electron chi connectivity index (χ1n) is 10.5. The molecule has 3 rings (SSSR count). The summed E-state index contributed by atoms with van der Waals surface area (Å²) in [6.07, 6.45) is 3.00. The third-order valence-corrected chi connectivity index (χ3v) is 5.95. The zero-order chi connectivity index (χ0) is 22.2. The number of aliphatic hydroxyl groups is 1. The monoisotopic (exact) mass is 465 g/mol. The number of anilines is 1. The lowest BCUT2D eigenvalue weighted by Crippen LogP contribution is -2.51. The van der Waals surface area contributed by atoms with Gasteiger partial charge in [-0.05, 0) is 55.6 Å². The van der Waals surface area contributed by atoms with E-state index in [0.29, 0.717) is 34.5 Å². The Labute approximate surface area is 193 Å². The molecule has 168 valence electrons. The summed E-state index contributed by atoms with van der Waals surface area (Å²) in [5.74, 6) is 0.431. The summed E-state index contributed by atoms with van der Waals surface area (Å²) in [6.45, 7) is 3.47. The van der Waals surface area contributed by atoms with Gasteiger partial charge in [0.05, 0.1) is 28.5 Å². The Balaban J connectivity index is 1.51. The van der Waals surface area contributed by atoms with Gasteiger partial charge in [0.1, 0.15) is 12.0 Å². The minimum atomic E-state index is -0.702. The molecule has 0 bridgehead atoms. The number of nitrogens with one attached hydrogen (secondary N) is 2. The van der Waals surface area contributed by atoms with E-state index in [-0.39, 0.29) is 12.1 Å². The first-order chi connectivity index (χ1) is 14.9. The normalized spacial score (nSPS) is 17.9. The summed E-state index contributed by atoms with van der Waals surface area (Å²) >= 11 is 12.2. The molecule has 2 atom stereocenters. The second kappa shape index (κ2) is 11.7. The Morgan fingerprint density at radius 2 is 2.03 bits per heavy atom. The molecule has 0 aliphatic carbocycles. The number of piperidine rings is 1. The van der Waals surface area contributed by atoms with Gasteiger partial charge >= 0.3 is 0 Å². The van der Waals surface area contributed by atoms with Crippen LogP contribution in [0.2, 0.25) is 10.0 Å². The lowest BCUT2D eigenvalue weighted by Gasteiger charge is -2.37. The first-order valence-corrected chi connectivity index (χ1v) is 11.3. The van der Waals surface area contributed by atoms with Crippen LogP contribution in [0.5, 0.6) is 5.75 Å². The number of halogens is 2. The van der Waals surface area contributed by atoms with Crippen LogP contribution in [0.25, 0.3) is 0 Å². The van der Waals surface area contributed by atoms with E-state index in [1.54, 1.807) is 12.1 Å². The molecule has 1 saturated heterocycles. The van der Waals surface area contributed by atoms with Crippen LogP contribution in [-0.2, 0) is 11.3 Å². The second-order valence-corrected chi connectivity index (χ2v) is 8.54. The van der Waals surface area contributed by atoms with Gasteiger partial charge in [-0.1, -0.05) is 41.4 Å². The number of nitrogens with zero attached hydrogens (tertiary/aromatic N) is 1. The number of amides is 1. The summed E-state index contributed by atoms with van der Waals surface area (Å²) in [5, 5.41) is 17.7. The van der Waals surface area contributed by atoms with E-state index in [0.717, 1.165) is 37.9 Å². The van der Waals surface area contributed by atoms with Gasteiger partial charge in [-0.3, -0.25) is 15.0 Å². The average Bonchev–Trinajstić information content (AvgIpc) is 2.73. The number of para-hydroxylation sites is 2. The number of rotatable bonds is 9. The predicted molar refractivity (Wildman–Crippen MR) is 125 cm³/mol. The summed E-state index contributed by atoms with van der Waals surface area (Å²) in [4.78, 5) is 13.6. The topological polar surface area (TPSA) is 73.8 Å². The lowest BCUT2D eigenvalue weighted by atomic mass is 10.1. The highest BCUT2D eigenvalue weighted by atomic mass is 35.5. The molecule has 0 spiro atoms. The van der Waals surface area contributed by atoms with Crippen molar-refractivity contribution in [1.82, 2.24) is 10.2 Å². The number of hydrogen-bond acceptors (Lipinski definition) is 5. The Hall–Kier alpha value is -1.83. The predicted octanol–water partition coefficient (Wildman–Crippen LogP) is 4.64. The third kappa shape index (κ3) is 7.37. The van der Waals surface area contributed by atoms with Gasteiger partial charge in [0.25, 0.3) is 0 Å². The van der Waals surface area contributed by atoms with Crippen molar-refractivity contribution in [2.24, 2.45) is 0 Å². The van der Waals surface area contributed by atoms with Crippen LogP contribution >= 0.6 is 23.2 Å². The van der Waals surface area contributed by atoms with E-state index in [1.807, 2.05) is 30.3 Å². The highest BCUT2D eigenvalue weighted by molar-refractivity contribution is 6.42. The number of benzene rings is 2. The number of aliphatic hydroxyl groups excluding tert-OH is 1. The molecule has 6 nitrogen and oxygen atoms in total. The number of ether oxygens (including phenoxy) is 1. The zero-order valence-corrected chi connectivity index (χ0v) is 19.1. The van der Waals surface area contributed by atoms with Gasteiger partial charge in [-0.2, -0.15) is 0 Å². The highest BCUT2D eigenvalue weighted by Gasteiger charge is 2.24. The smallest absolute Gasteiger partial charge is 0.221 e. The summed E-state index contributed by atoms with van der Waals surface area (Å²) in [6, 6.07) is 13.0. The van der Waals surface area contributed by atoms with E-state index in [4.69, 9.17) is 27.9 Å². The SMILES string of the molecule is CC(=O)Nc1ccccc1OCCC(O)NC1CCCCN1Cc1ccc(Cl)c(Cl)c1. The zero-order valence-electron chi connectivity index (χ0n) is 17.6. The van der Waals surface area contributed by atoms with Crippen molar-refractivity contribution in [1.29, 1.82) is 0 Å². The molecule has 1 aliphatic heterocycles. The molecule has 0 aromatic heterocycles. The maximum Gasteiger partial charge on any atom is 0.221 e. The van der Waals surface area contributed by atoms with Crippen LogP contribution in [0, 0.1) is 0 Å². The molecule has 31 heavy (non-hydrogen) atoms. The number of hydrogen-bond donors (Lipinski definition) is 3. The molecule has 1 amide bonds. The largest absolute Gasteiger partial charge is 0.491 e. The number of carbonyl (C=O) groups excluding carboxylic acids is 1. The Morgan fingerprint density at radius 1 is 1.23 bits per heavy atom. The molecule has 0 saturated carbocycles. The van der Waals surface area contributed by atoms with E-state index in [2.05, 4.69) is 15.5 Å². The quantitative estimate of drug-likeness (QED) is 0.470. The molecule has 1 fully saturated rings. The van der Waals surface area contributed by atoms with Gasteiger partial charge in [0, 0.05) is 19.9 Å². The fourth-order valence-electron chi connectivity index (χ4n) is 3.71. The van der Waals surface area contributed by atoms with Gasteiger partial charge in [0.2, 0.25) is 5.91 Å². The Bertz CT molecular complexity index is 881. The molecule has 0 radical (unpaired) electrons. The third-order valence-electron chi connectivity index (χ3n) is 5.21. The summed E-state index contributed by atoms with van der Waals surface area (Å²) in [5.41, 5.74) is 1.72. The standard InChI is InChI=1S/C23H29Cl2N3O3/c1-16(29)26-20-6-2-3-7-21(20)31-13-11-23(30)27-22-8-4-5-12-28(22)15-17-9-10-18(24)19(25)14-17/h2-3,6-7,9-10,14,22-23,27,30H,4-5,8,11-13,15H2,1H3,(H,26,29). The molecule has 3 N–H and O–H groups in total. The highest BCUT2D eigenvalue weighted by Crippen LogP contribution is 2.26. The first kappa shape index (κ1) is 23.8. The van der Waals surface area contributed by atoms with Crippen molar-refractivity contribution in [3.05, 3.63) is 58.1 Å². The molecule has 1 aliphatic rings. The molecule has 8 heteroatoms. The lowest BCUT2D eigenvalue weighted by molar-refractivity contribution is -0.114. The second-order valence-electron chi connectivity index (χ2n) is 7.73. The average molecular weight is 466 g/mol. The fourth-order valence-corrected chi connectivity index (χ4v) is 4.03. The Kier molecular flexibility index (Phi) is 8.99. The van der Waals surface area contributed by atoms with Crippen LogP contribution < -0.4 is 15.4 Å². The van der Waals surface area contributed by atoms with Crippen molar-refractivity contribution in [2.75, 3.05) is 18.5 Å². The van der Waals surface area contributed by atoms with Crippen molar-refractivity contribution in [3.8, 4) is 5.75 Å². The van der Waals surface area contributed by atoms with Crippen LogP contribution in [0.3, 0.4) is 0 Å². The minimum Gasteiger partial charge on any atom is -0.491 e. The number of likely N-dealkylation sites (tertiary alicyclic amines) is 1. The molecular weight excluding hydrogens is 437 g/mol. The van der Waals surface area contributed by atoms with Gasteiger partial charge in [0.15, 0.2) is 0 Å². The molecule has 2 unspecified atom stereocenters. The number of carbonyl (C=O) groups is 1. The summed E-state index contributed by atoms with van der Waals surface area (Å²) < 4.78 is 5.79. The molecule has 2 aromatic rings. The maximum absolute atomic E-state index is 11.3. The van der Waals surface area contributed by atoms with E-state index >= 15 is 0 Å². The fraction of sp³-hybridized carbons (Fsp3) is 0.435. The van der Waals surface area contributed by atoms with Gasteiger partial charge in [-0.25, -0.2) is 0 Å². The van der Waals surface area contributed by atoms with Crippen LogP contribution in [0.4, 0.5) is 5.69 Å². The maximum atomic E-state index is 11.3. The van der Waals surface area contributed by atoms with Crippen LogP contribution in [-0.4, -0.2) is 41.5 Å². The Morgan fingerprint density at radius 3 is 2.81 bits per heavy atom. The molecule has 2 aromatic carbocycles. The van der Waals surface area contributed by atoms with E-state index in [9.17, 15) is 9.90 Å². The van der Waals surface area contributed by atoms with Crippen molar-refractivity contribution < 1.29 is 14.6 Å². The minimum absolute atomic E-state index is 0.0740. The van der Waals surface area contributed by atoms with E-state index < -0.39 is 6.23 Å². The summed E-state index contributed by atoms with van der Waals surface area (Å²) in [7, 11) is 0. The van der Waals surface area contributed by atoms with Crippen LogP contribution in [0.15, 0.2) is 42.5 Å². The van der Waals surface area contributed by atoms with Gasteiger partial charge in [-0.15, -0.1) is 0 Å².